The van der Waals surface area contributed by atoms with Gasteiger partial charge >= 0.3 is 6.09 Å². The summed E-state index contributed by atoms with van der Waals surface area (Å²) in [7, 11) is 0. The van der Waals surface area contributed by atoms with Gasteiger partial charge in [0.15, 0.2) is 0 Å². The molecule has 1 aromatic carbocycles. The van der Waals surface area contributed by atoms with Gasteiger partial charge in [-0.05, 0) is 51.3 Å². The predicted molar refractivity (Wildman–Crippen MR) is 120 cm³/mol. The lowest BCUT2D eigenvalue weighted by Gasteiger charge is -2.19. The Morgan fingerprint density at radius 3 is 2.07 bits per heavy atom. The number of hydrogen-bond donors (Lipinski definition) is 2. The Hall–Kier alpha value is -2.04. The molecule has 2 amide bonds. The van der Waals surface area contributed by atoms with E-state index < -0.39 is 11.7 Å². The fraction of sp³-hybridized carbons (Fsp3) is 0.667. The third-order valence-corrected chi connectivity index (χ3v) is 4.58. The Balaban J connectivity index is 2.17. The molecular weight excluding hydrogens is 364 g/mol. The molecule has 2 N–H and O–H groups in total. The average molecular weight is 405 g/mol. The number of carbonyl (C=O) groups excluding carboxylic acids is 2. The zero-order valence-corrected chi connectivity index (χ0v) is 18.8. The lowest BCUT2D eigenvalue weighted by atomic mass is 10.0. The highest BCUT2D eigenvalue weighted by Gasteiger charge is 2.15. The Morgan fingerprint density at radius 2 is 1.48 bits per heavy atom. The van der Waals surface area contributed by atoms with E-state index in [4.69, 9.17) is 4.74 Å². The normalized spacial score (nSPS) is 11.2. The van der Waals surface area contributed by atoms with E-state index in [1.807, 2.05) is 12.1 Å². The predicted octanol–water partition coefficient (Wildman–Crippen LogP) is 6.22. The van der Waals surface area contributed by atoms with E-state index in [1.165, 1.54) is 56.9 Å². The largest absolute Gasteiger partial charge is 0.444 e. The topological polar surface area (TPSA) is 67.4 Å². The van der Waals surface area contributed by atoms with E-state index in [1.54, 1.807) is 20.8 Å². The summed E-state index contributed by atoms with van der Waals surface area (Å²) in [4.78, 5) is 23.6. The molecule has 5 nitrogen and oxygen atoms in total. The van der Waals surface area contributed by atoms with Crippen LogP contribution < -0.4 is 10.6 Å². The van der Waals surface area contributed by atoms with E-state index in [9.17, 15) is 9.59 Å². The van der Waals surface area contributed by atoms with Crippen LogP contribution in [0.15, 0.2) is 24.3 Å². The van der Waals surface area contributed by atoms with Gasteiger partial charge in [0.1, 0.15) is 5.60 Å². The van der Waals surface area contributed by atoms with E-state index in [2.05, 4.69) is 29.7 Å². The number of alkyl carbamates (subject to hydrolysis) is 1. The van der Waals surface area contributed by atoms with Crippen molar-refractivity contribution < 1.29 is 14.3 Å². The quantitative estimate of drug-likeness (QED) is 0.383. The van der Waals surface area contributed by atoms with Gasteiger partial charge in [-0.15, -0.1) is 0 Å². The smallest absolute Gasteiger partial charge is 0.407 e. The van der Waals surface area contributed by atoms with Crippen LogP contribution in [0.1, 0.15) is 91.0 Å². The molecule has 0 aliphatic rings. The fourth-order valence-electron chi connectivity index (χ4n) is 3.03. The molecule has 0 heterocycles. The highest BCUT2D eigenvalue weighted by molar-refractivity contribution is 5.91. The number of unbranched alkanes of at least 4 members (excludes halogenated alkanes) is 7. The maximum absolute atomic E-state index is 12.0. The number of amides is 2. The van der Waals surface area contributed by atoms with Gasteiger partial charge in [0.25, 0.3) is 0 Å². The molecule has 0 fully saturated rings. The first-order chi connectivity index (χ1) is 13.8. The van der Waals surface area contributed by atoms with Gasteiger partial charge in [-0.2, -0.15) is 0 Å². The number of rotatable bonds is 13. The van der Waals surface area contributed by atoms with E-state index in [0.717, 1.165) is 12.1 Å². The molecule has 0 spiro atoms. The van der Waals surface area contributed by atoms with Crippen molar-refractivity contribution in [1.82, 2.24) is 5.32 Å². The number of carbonyl (C=O) groups is 2. The molecule has 29 heavy (non-hydrogen) atoms. The second-order valence-electron chi connectivity index (χ2n) is 8.65. The number of anilines is 1. The van der Waals surface area contributed by atoms with Crippen LogP contribution in [-0.4, -0.2) is 24.1 Å². The van der Waals surface area contributed by atoms with Crippen LogP contribution in [0.4, 0.5) is 10.5 Å². The molecule has 0 unspecified atom stereocenters. The minimum atomic E-state index is -0.539. The maximum Gasteiger partial charge on any atom is 0.407 e. The van der Waals surface area contributed by atoms with Gasteiger partial charge in [0, 0.05) is 18.7 Å². The van der Waals surface area contributed by atoms with Crippen molar-refractivity contribution in [3.8, 4) is 0 Å². The molecule has 0 radical (unpaired) electrons. The minimum Gasteiger partial charge on any atom is -0.444 e. The van der Waals surface area contributed by atoms with Crippen molar-refractivity contribution in [3.05, 3.63) is 29.8 Å². The summed E-state index contributed by atoms with van der Waals surface area (Å²) in [5.74, 6) is -0.128. The summed E-state index contributed by atoms with van der Waals surface area (Å²) < 4.78 is 5.14. The standard InChI is InChI=1S/C24H40N2O3/c1-5-6-7-8-9-10-11-12-13-20-14-16-21(17-15-20)26-22(27)18-19-25-23(28)29-24(2,3)4/h14-17H,5-13,18-19H2,1-4H3,(H,25,28)(H,26,27). The fourth-order valence-corrected chi connectivity index (χ4v) is 3.03. The van der Waals surface area contributed by atoms with Crippen molar-refractivity contribution in [2.75, 3.05) is 11.9 Å². The van der Waals surface area contributed by atoms with Gasteiger partial charge in [0.05, 0.1) is 0 Å². The van der Waals surface area contributed by atoms with E-state index in [0.29, 0.717) is 0 Å². The van der Waals surface area contributed by atoms with Crippen molar-refractivity contribution >= 4 is 17.7 Å². The molecule has 0 atom stereocenters. The second-order valence-corrected chi connectivity index (χ2v) is 8.65. The summed E-state index contributed by atoms with van der Waals surface area (Å²) in [6, 6.07) is 8.05. The molecule has 0 bridgehead atoms. The zero-order valence-electron chi connectivity index (χ0n) is 18.8. The van der Waals surface area contributed by atoms with Crippen molar-refractivity contribution in [1.29, 1.82) is 0 Å². The molecule has 164 valence electrons. The Labute approximate surface area is 177 Å². The maximum atomic E-state index is 12.0. The number of nitrogens with one attached hydrogen (secondary N) is 2. The van der Waals surface area contributed by atoms with Gasteiger partial charge < -0.3 is 15.4 Å². The highest BCUT2D eigenvalue weighted by Crippen LogP contribution is 2.14. The van der Waals surface area contributed by atoms with E-state index >= 15 is 0 Å². The summed E-state index contributed by atoms with van der Waals surface area (Å²) in [6.45, 7) is 7.91. The molecule has 5 heteroatoms. The number of hydrogen-bond acceptors (Lipinski definition) is 3. The SMILES string of the molecule is CCCCCCCCCCc1ccc(NC(=O)CCNC(=O)OC(C)(C)C)cc1. The number of ether oxygens (including phenoxy) is 1. The molecule has 0 aromatic heterocycles. The van der Waals surface area contributed by atoms with Crippen LogP contribution in [-0.2, 0) is 16.0 Å². The average Bonchev–Trinajstić information content (AvgIpc) is 2.64. The van der Waals surface area contributed by atoms with Gasteiger partial charge in [-0.25, -0.2) is 4.79 Å². The first-order valence-corrected chi connectivity index (χ1v) is 11.2. The summed E-state index contributed by atoms with van der Waals surface area (Å²) in [5, 5.41) is 5.45. The molecule has 0 aliphatic heterocycles. The number of aryl methyl sites for hydroxylation is 1. The van der Waals surface area contributed by atoms with Crippen LogP contribution in [0.2, 0.25) is 0 Å². The number of benzene rings is 1. The Morgan fingerprint density at radius 1 is 0.897 bits per heavy atom. The molecule has 1 rings (SSSR count). The summed E-state index contributed by atoms with van der Waals surface area (Å²) in [5.41, 5.74) is 1.55. The monoisotopic (exact) mass is 404 g/mol. The lowest BCUT2D eigenvalue weighted by molar-refractivity contribution is -0.116. The van der Waals surface area contributed by atoms with Gasteiger partial charge in [-0.1, -0.05) is 64.0 Å². The molecule has 0 saturated heterocycles. The van der Waals surface area contributed by atoms with Crippen LogP contribution >= 0.6 is 0 Å². The van der Waals surface area contributed by atoms with E-state index in [-0.39, 0.29) is 18.9 Å². The highest BCUT2D eigenvalue weighted by atomic mass is 16.6. The van der Waals surface area contributed by atoms with Gasteiger partial charge in [-0.3, -0.25) is 4.79 Å². The van der Waals surface area contributed by atoms with Crippen LogP contribution in [0.3, 0.4) is 0 Å². The molecular formula is C24H40N2O3. The van der Waals surface area contributed by atoms with Crippen molar-refractivity contribution in [3.63, 3.8) is 0 Å². The van der Waals surface area contributed by atoms with Crippen LogP contribution in [0.25, 0.3) is 0 Å². The third kappa shape index (κ3) is 13.7. The third-order valence-electron chi connectivity index (χ3n) is 4.58. The van der Waals surface area contributed by atoms with Crippen molar-refractivity contribution in [2.45, 2.75) is 97.5 Å². The van der Waals surface area contributed by atoms with Crippen molar-refractivity contribution in [2.24, 2.45) is 0 Å². The summed E-state index contributed by atoms with van der Waals surface area (Å²) >= 11 is 0. The van der Waals surface area contributed by atoms with Gasteiger partial charge in [0.2, 0.25) is 5.91 Å². The first-order valence-electron chi connectivity index (χ1n) is 11.2. The molecule has 0 saturated carbocycles. The summed E-state index contributed by atoms with van der Waals surface area (Å²) in [6.07, 6.45) is 11.4. The first kappa shape index (κ1) is 25.0. The molecule has 1 aromatic rings. The zero-order chi connectivity index (χ0) is 21.5. The molecule has 0 aliphatic carbocycles. The Bertz CT molecular complexity index is 591. The minimum absolute atomic E-state index is 0.128. The van der Waals surface area contributed by atoms with Crippen LogP contribution in [0, 0.1) is 0 Å². The second kappa shape index (κ2) is 14.0. The lowest BCUT2D eigenvalue weighted by Crippen LogP contribution is -2.34. The Kier molecular flexibility index (Phi) is 12.1. The van der Waals surface area contributed by atoms with Crippen LogP contribution in [0.5, 0.6) is 0 Å².